The molecule has 0 aliphatic heterocycles. The Labute approximate surface area is 85.6 Å². The minimum Gasteiger partial charge on any atom is -0.474 e. The molecule has 0 heterocycles. The van der Waals surface area contributed by atoms with Gasteiger partial charge in [0.05, 0.1) is 45.2 Å². The van der Waals surface area contributed by atoms with Crippen LogP contribution in [0.1, 0.15) is 0 Å². The fourth-order valence-electron chi connectivity index (χ4n) is 0. The van der Waals surface area contributed by atoms with Crippen molar-refractivity contribution in [3.8, 4) is 0 Å². The molecule has 0 aliphatic carbocycles. The third-order valence-corrected chi connectivity index (χ3v) is 0. The van der Waals surface area contributed by atoms with Crippen molar-refractivity contribution in [1.29, 1.82) is 0 Å². The third-order valence-electron chi connectivity index (χ3n) is 0. The fraction of sp³-hybridized carbons (Fsp3) is 0. The van der Waals surface area contributed by atoms with Gasteiger partial charge in [0, 0.05) is 0 Å². The quantitative estimate of drug-likeness (QED) is 0.390. The van der Waals surface area contributed by atoms with Crippen LogP contribution in [-0.4, -0.2) is 18.2 Å². The molecule has 0 rings (SSSR count). The predicted molar refractivity (Wildman–Crippen MR) is 55.3 cm³/mol. The monoisotopic (exact) mass is 372 g/mol. The molecule has 0 radical (unpaired) electrons. The van der Waals surface area contributed by atoms with Crippen LogP contribution in [0.2, 0.25) is 0 Å². The Balaban J connectivity index is -0.0000000787. The molecule has 0 aromatic rings. The van der Waals surface area contributed by atoms with Gasteiger partial charge in [-0.05, 0) is 0 Å². The van der Waals surface area contributed by atoms with Crippen molar-refractivity contribution >= 4 is 53.1 Å². The fourth-order valence-corrected chi connectivity index (χ4v) is 0. The molecule has 0 bridgehead atoms. The van der Waals surface area contributed by atoms with Gasteiger partial charge in [0.1, 0.15) is 0 Å². The van der Waals surface area contributed by atoms with E-state index in [2.05, 4.69) is 13.2 Å². The molecule has 2 N–H and O–H groups in total. The summed E-state index contributed by atoms with van der Waals surface area (Å²) in [6.07, 6.45) is 0. The summed E-state index contributed by atoms with van der Waals surface area (Å²) in [6, 6.07) is 0. The van der Waals surface area contributed by atoms with Gasteiger partial charge in [0.25, 0.3) is 0 Å². The highest BCUT2D eigenvalue weighted by Gasteiger charge is 1.70. The van der Waals surface area contributed by atoms with E-state index < -0.39 is 7.95 Å². The van der Waals surface area contributed by atoms with Crippen molar-refractivity contribution in [3.63, 3.8) is 0 Å². The van der Waals surface area contributed by atoms with Crippen LogP contribution in [0.25, 0.3) is 0 Å². The largest absolute Gasteiger partial charge is 0.474 e. The molecule has 0 aromatic heterocycles. The van der Waals surface area contributed by atoms with Crippen LogP contribution < -0.4 is 0 Å². The summed E-state index contributed by atoms with van der Waals surface area (Å²) in [7, 11) is 0. The van der Waals surface area contributed by atoms with Crippen molar-refractivity contribution in [2.24, 2.45) is 0 Å². The molecule has 60 valence electrons. The Morgan fingerprint density at radius 2 is 1.00 bits per heavy atom. The second-order valence-electron chi connectivity index (χ2n) is 0.506. The molecule has 0 atom stereocenters. The van der Waals surface area contributed by atoms with Crippen LogP contribution in [0, 0.1) is 0 Å². The van der Waals surface area contributed by atoms with Gasteiger partial charge in [-0.2, -0.15) is 0 Å². The molecular weight excluding hydrogens is 366 g/mol. The Morgan fingerprint density at radius 1 is 1.00 bits per heavy atom. The van der Waals surface area contributed by atoms with Gasteiger partial charge in [-0.25, -0.2) is 9.59 Å². The van der Waals surface area contributed by atoms with E-state index in [1.54, 1.807) is 0 Å². The first-order valence-electron chi connectivity index (χ1n) is 1.73. The number of carbonyl (C=O) groups is 2. The van der Waals surface area contributed by atoms with Crippen LogP contribution >= 0.6 is 45.2 Å². The van der Waals surface area contributed by atoms with Gasteiger partial charge >= 0.3 is 7.95 Å². The number of carboxylic acid groups (broad SMARTS) is 2. The number of rotatable bonds is 0. The van der Waals surface area contributed by atoms with Crippen molar-refractivity contribution in [2.75, 3.05) is 0 Å². The van der Waals surface area contributed by atoms with Gasteiger partial charge in [0.15, 0.2) is 0 Å². The standard InChI is InChI=1S/C2H4.2CHIO2/c1-2;2*2-1(3)4/h1-2H2;2*(H,3,4). The maximum atomic E-state index is 8.99. The van der Waals surface area contributed by atoms with E-state index in [4.69, 9.17) is 19.8 Å². The summed E-state index contributed by atoms with van der Waals surface area (Å²) >= 11 is 2.52. The molecule has 4 nitrogen and oxygen atoms in total. The first-order valence-corrected chi connectivity index (χ1v) is 3.89. The van der Waals surface area contributed by atoms with Crippen LogP contribution in [0.5, 0.6) is 0 Å². The zero-order valence-electron chi connectivity index (χ0n) is 4.88. The third kappa shape index (κ3) is 21200. The summed E-state index contributed by atoms with van der Waals surface area (Å²) in [4.78, 5) is 18.0. The second-order valence-corrected chi connectivity index (χ2v) is 2.35. The Kier molecular flexibility index (Phi) is 26.7. The van der Waals surface area contributed by atoms with E-state index in [1.807, 2.05) is 0 Å². The van der Waals surface area contributed by atoms with Gasteiger partial charge in [-0.15, -0.1) is 13.2 Å². The van der Waals surface area contributed by atoms with Crippen LogP contribution in [0.3, 0.4) is 0 Å². The Hall–Kier alpha value is 0.140. The van der Waals surface area contributed by atoms with E-state index >= 15 is 0 Å². The average molecular weight is 372 g/mol. The Bertz CT molecular complexity index is 83.4. The van der Waals surface area contributed by atoms with Gasteiger partial charge in [-0.3, -0.25) is 0 Å². The van der Waals surface area contributed by atoms with Gasteiger partial charge in [0.2, 0.25) is 0 Å². The van der Waals surface area contributed by atoms with E-state index in [1.165, 1.54) is 45.2 Å². The van der Waals surface area contributed by atoms with Crippen LogP contribution in [0.15, 0.2) is 13.2 Å². The van der Waals surface area contributed by atoms with Gasteiger partial charge in [-0.1, -0.05) is 0 Å². The lowest BCUT2D eigenvalue weighted by atomic mass is 11.3. The van der Waals surface area contributed by atoms with E-state index in [-0.39, 0.29) is 0 Å². The molecule has 0 amide bonds. The lowest BCUT2D eigenvalue weighted by Gasteiger charge is -1.56. The number of hydrogen-bond acceptors (Lipinski definition) is 2. The molecule has 0 spiro atoms. The SMILES string of the molecule is C=C.O=C(O)I.O=C(O)I. The first kappa shape index (κ1) is 16.6. The minimum absolute atomic E-state index is 0.863. The summed E-state index contributed by atoms with van der Waals surface area (Å²) < 4.78 is -1.73. The highest BCUT2D eigenvalue weighted by molar-refractivity contribution is 14.1. The lowest BCUT2D eigenvalue weighted by molar-refractivity contribution is 0.224. The highest BCUT2D eigenvalue weighted by Crippen LogP contribution is 1.76. The molecule has 10 heavy (non-hydrogen) atoms. The van der Waals surface area contributed by atoms with Crippen molar-refractivity contribution in [3.05, 3.63) is 13.2 Å². The summed E-state index contributed by atoms with van der Waals surface area (Å²) in [6.45, 7) is 6.00. The van der Waals surface area contributed by atoms with Crippen LogP contribution in [0.4, 0.5) is 9.59 Å². The van der Waals surface area contributed by atoms with Gasteiger partial charge < -0.3 is 10.2 Å². The second kappa shape index (κ2) is 16.1. The molecule has 0 saturated carbocycles. The normalized spacial score (nSPS) is 5.40. The lowest BCUT2D eigenvalue weighted by Crippen LogP contribution is -1.64. The molecule has 0 saturated heterocycles. The molecule has 0 aliphatic rings. The van der Waals surface area contributed by atoms with E-state index in [0.29, 0.717) is 0 Å². The molecular formula is C4H6I2O4. The molecule has 0 aromatic carbocycles. The average Bonchev–Trinajstić information content (AvgIpc) is 1.66. The predicted octanol–water partition coefficient (Wildman–Crippen LogP) is 3.00. The zero-order valence-corrected chi connectivity index (χ0v) is 9.20. The number of hydrogen-bond donors (Lipinski definition) is 2. The summed E-state index contributed by atoms with van der Waals surface area (Å²) in [5.41, 5.74) is 0. The smallest absolute Gasteiger partial charge is 0.364 e. The van der Waals surface area contributed by atoms with Crippen molar-refractivity contribution < 1.29 is 19.8 Å². The van der Waals surface area contributed by atoms with Crippen molar-refractivity contribution in [1.82, 2.24) is 0 Å². The molecule has 6 heteroatoms. The zero-order chi connectivity index (χ0) is 9.15. The topological polar surface area (TPSA) is 74.6 Å². The molecule has 0 fully saturated rings. The van der Waals surface area contributed by atoms with E-state index in [9.17, 15) is 0 Å². The highest BCUT2D eigenvalue weighted by atomic mass is 127. The minimum atomic E-state index is -0.863. The van der Waals surface area contributed by atoms with Crippen LogP contribution in [-0.2, 0) is 0 Å². The Morgan fingerprint density at radius 3 is 1.00 bits per heavy atom. The summed E-state index contributed by atoms with van der Waals surface area (Å²) in [5, 5.41) is 14.8. The van der Waals surface area contributed by atoms with E-state index in [0.717, 1.165) is 0 Å². The summed E-state index contributed by atoms with van der Waals surface area (Å²) in [5.74, 6) is 0. The molecule has 0 unspecified atom stereocenters. The maximum Gasteiger partial charge on any atom is 0.364 e. The maximum absolute atomic E-state index is 8.99. The number of halogens is 2. The first-order chi connectivity index (χ1) is 4.46. The van der Waals surface area contributed by atoms with Crippen molar-refractivity contribution in [2.45, 2.75) is 0 Å².